The van der Waals surface area contributed by atoms with Crippen LogP contribution in [0.3, 0.4) is 0 Å². The fraction of sp³-hybridized carbons (Fsp3) is 0.308. The second-order valence-corrected chi connectivity index (χ2v) is 8.48. The van der Waals surface area contributed by atoms with E-state index in [2.05, 4.69) is 66.3 Å². The summed E-state index contributed by atoms with van der Waals surface area (Å²) in [7, 11) is 7.69. The highest BCUT2D eigenvalue weighted by molar-refractivity contribution is 6.13. The molecule has 0 spiro atoms. The Morgan fingerprint density at radius 2 is 1.78 bits per heavy atom. The fourth-order valence-electron chi connectivity index (χ4n) is 4.10. The molecule has 166 valence electrons. The summed E-state index contributed by atoms with van der Waals surface area (Å²) in [5, 5.41) is 2.14. The Morgan fingerprint density at radius 3 is 2.50 bits per heavy atom. The van der Waals surface area contributed by atoms with Gasteiger partial charge in [0.1, 0.15) is 5.82 Å². The van der Waals surface area contributed by atoms with E-state index in [0.29, 0.717) is 5.56 Å². The van der Waals surface area contributed by atoms with Crippen LogP contribution in [0.4, 0.5) is 5.82 Å². The van der Waals surface area contributed by atoms with Crippen molar-refractivity contribution in [2.24, 2.45) is 0 Å². The predicted octanol–water partition coefficient (Wildman–Crippen LogP) is 4.48. The zero-order chi connectivity index (χ0) is 22.7. The number of hydrogen-bond acceptors (Lipinski definition) is 5. The SMILES string of the molecule is COC(=O)c1ccc2c(c1)[nH]c1cc(Cc3ccccc3)nc(N(C)CCCN(C)C)c12. The largest absolute Gasteiger partial charge is 0.465 e. The van der Waals surface area contributed by atoms with E-state index in [1.165, 1.54) is 12.7 Å². The standard InChI is InChI=1S/C26H30N4O2/c1-29(2)13-8-14-30(3)25-24-21-12-11-19(26(31)32-4)16-22(21)28-23(24)17-20(27-25)15-18-9-6-5-7-10-18/h5-7,9-12,16-17,28H,8,13-15H2,1-4H3. The minimum absolute atomic E-state index is 0.338. The van der Waals surface area contributed by atoms with E-state index >= 15 is 0 Å². The molecule has 0 fully saturated rings. The fourth-order valence-corrected chi connectivity index (χ4v) is 4.10. The number of benzene rings is 2. The van der Waals surface area contributed by atoms with Crippen LogP contribution in [0.25, 0.3) is 21.8 Å². The summed E-state index contributed by atoms with van der Waals surface area (Å²) in [6.45, 7) is 1.93. The summed E-state index contributed by atoms with van der Waals surface area (Å²) < 4.78 is 4.89. The van der Waals surface area contributed by atoms with Crippen LogP contribution in [0.1, 0.15) is 28.0 Å². The van der Waals surface area contributed by atoms with Crippen molar-refractivity contribution in [1.29, 1.82) is 0 Å². The van der Waals surface area contributed by atoms with Gasteiger partial charge in [0, 0.05) is 42.0 Å². The lowest BCUT2D eigenvalue weighted by molar-refractivity contribution is 0.0601. The molecule has 6 nitrogen and oxygen atoms in total. The Balaban J connectivity index is 1.80. The van der Waals surface area contributed by atoms with Crippen molar-refractivity contribution in [2.75, 3.05) is 46.2 Å². The number of carbonyl (C=O) groups excluding carboxylic acids is 1. The van der Waals surface area contributed by atoms with Crippen LogP contribution in [0.2, 0.25) is 0 Å². The van der Waals surface area contributed by atoms with Crippen LogP contribution >= 0.6 is 0 Å². The molecule has 4 rings (SSSR count). The molecule has 32 heavy (non-hydrogen) atoms. The topological polar surface area (TPSA) is 61.5 Å². The Kier molecular flexibility index (Phi) is 6.42. The van der Waals surface area contributed by atoms with Crippen LogP contribution in [0, 0.1) is 0 Å². The Morgan fingerprint density at radius 1 is 1.00 bits per heavy atom. The summed E-state index contributed by atoms with van der Waals surface area (Å²) in [5.74, 6) is 0.624. The lowest BCUT2D eigenvalue weighted by Gasteiger charge is -2.21. The molecule has 0 saturated heterocycles. The van der Waals surface area contributed by atoms with Gasteiger partial charge in [-0.2, -0.15) is 0 Å². The molecule has 0 amide bonds. The molecular weight excluding hydrogens is 400 g/mol. The van der Waals surface area contributed by atoms with Gasteiger partial charge in [-0.25, -0.2) is 9.78 Å². The maximum Gasteiger partial charge on any atom is 0.337 e. The van der Waals surface area contributed by atoms with Gasteiger partial charge >= 0.3 is 5.97 Å². The second-order valence-electron chi connectivity index (χ2n) is 8.48. The number of aromatic nitrogens is 2. The molecule has 4 aromatic rings. The number of fused-ring (bicyclic) bond motifs is 3. The molecule has 0 aliphatic rings. The first kappa shape index (κ1) is 21.8. The van der Waals surface area contributed by atoms with Gasteiger partial charge in [0.15, 0.2) is 0 Å². The van der Waals surface area contributed by atoms with E-state index in [1.54, 1.807) is 0 Å². The molecule has 2 aromatic carbocycles. The lowest BCUT2D eigenvalue weighted by atomic mass is 10.1. The summed E-state index contributed by atoms with van der Waals surface area (Å²) in [5.41, 5.74) is 4.70. The molecule has 0 aliphatic carbocycles. The summed E-state index contributed by atoms with van der Waals surface area (Å²) in [4.78, 5) is 25.1. The highest BCUT2D eigenvalue weighted by Crippen LogP contribution is 2.34. The van der Waals surface area contributed by atoms with Crippen molar-refractivity contribution in [3.63, 3.8) is 0 Å². The molecule has 1 N–H and O–H groups in total. The highest BCUT2D eigenvalue weighted by Gasteiger charge is 2.17. The third-order valence-corrected chi connectivity index (χ3v) is 5.72. The number of esters is 1. The first-order valence-corrected chi connectivity index (χ1v) is 10.9. The van der Waals surface area contributed by atoms with Gasteiger partial charge < -0.3 is 19.5 Å². The first-order chi connectivity index (χ1) is 15.5. The minimum Gasteiger partial charge on any atom is -0.465 e. The maximum atomic E-state index is 12.0. The molecule has 0 saturated carbocycles. The number of anilines is 1. The van der Waals surface area contributed by atoms with E-state index in [-0.39, 0.29) is 5.97 Å². The third kappa shape index (κ3) is 4.60. The lowest BCUT2D eigenvalue weighted by Crippen LogP contribution is -2.24. The van der Waals surface area contributed by atoms with Gasteiger partial charge in [0.2, 0.25) is 0 Å². The van der Waals surface area contributed by atoms with Crippen molar-refractivity contribution >= 4 is 33.6 Å². The summed E-state index contributed by atoms with van der Waals surface area (Å²) in [6.07, 6.45) is 1.81. The normalized spacial score (nSPS) is 11.4. The molecule has 0 atom stereocenters. The van der Waals surface area contributed by atoms with Crippen molar-refractivity contribution in [2.45, 2.75) is 12.8 Å². The van der Waals surface area contributed by atoms with Gasteiger partial charge in [-0.05, 0) is 50.8 Å². The van der Waals surface area contributed by atoms with Crippen molar-refractivity contribution < 1.29 is 9.53 Å². The van der Waals surface area contributed by atoms with Crippen LogP contribution in [-0.2, 0) is 11.2 Å². The van der Waals surface area contributed by atoms with Crippen LogP contribution in [0.15, 0.2) is 54.6 Å². The zero-order valence-electron chi connectivity index (χ0n) is 19.2. The van der Waals surface area contributed by atoms with Crippen molar-refractivity contribution in [3.8, 4) is 0 Å². The average molecular weight is 431 g/mol. The Labute approximate surface area is 188 Å². The summed E-state index contributed by atoms with van der Waals surface area (Å²) >= 11 is 0. The number of nitrogens with zero attached hydrogens (tertiary/aromatic N) is 3. The van der Waals surface area contributed by atoms with Crippen LogP contribution in [-0.4, -0.2) is 62.2 Å². The first-order valence-electron chi connectivity index (χ1n) is 10.9. The average Bonchev–Trinajstić information content (AvgIpc) is 3.15. The van der Waals surface area contributed by atoms with Crippen LogP contribution < -0.4 is 4.90 Å². The molecule has 2 heterocycles. The van der Waals surface area contributed by atoms with E-state index in [9.17, 15) is 4.79 Å². The molecule has 0 unspecified atom stereocenters. The highest BCUT2D eigenvalue weighted by atomic mass is 16.5. The molecule has 0 radical (unpaired) electrons. The molecule has 2 aromatic heterocycles. The number of pyridine rings is 1. The van der Waals surface area contributed by atoms with Gasteiger partial charge in [0.25, 0.3) is 0 Å². The number of aromatic amines is 1. The quantitative estimate of drug-likeness (QED) is 0.418. The maximum absolute atomic E-state index is 12.0. The molecule has 0 aliphatic heterocycles. The molecular formula is C26H30N4O2. The molecule has 0 bridgehead atoms. The Hall–Kier alpha value is -3.38. The van der Waals surface area contributed by atoms with Gasteiger partial charge in [-0.1, -0.05) is 36.4 Å². The predicted molar refractivity (Wildman–Crippen MR) is 131 cm³/mol. The summed E-state index contributed by atoms with van der Waals surface area (Å²) in [6, 6.07) is 18.2. The van der Waals surface area contributed by atoms with Gasteiger partial charge in [0.05, 0.1) is 18.2 Å². The monoisotopic (exact) mass is 430 g/mol. The second kappa shape index (κ2) is 9.40. The van der Waals surface area contributed by atoms with Crippen molar-refractivity contribution in [1.82, 2.24) is 14.9 Å². The number of nitrogens with one attached hydrogen (secondary N) is 1. The molecule has 6 heteroatoms. The number of carbonyl (C=O) groups is 1. The number of methoxy groups -OCH3 is 1. The van der Waals surface area contributed by atoms with E-state index in [1.807, 2.05) is 24.3 Å². The van der Waals surface area contributed by atoms with E-state index in [0.717, 1.165) is 59.2 Å². The van der Waals surface area contributed by atoms with Crippen molar-refractivity contribution in [3.05, 3.63) is 71.4 Å². The number of rotatable bonds is 8. The zero-order valence-corrected chi connectivity index (χ0v) is 19.2. The van der Waals surface area contributed by atoms with Crippen LogP contribution in [0.5, 0.6) is 0 Å². The van der Waals surface area contributed by atoms with Gasteiger partial charge in [-0.15, -0.1) is 0 Å². The van der Waals surface area contributed by atoms with E-state index in [4.69, 9.17) is 9.72 Å². The number of ether oxygens (including phenoxy) is 1. The van der Waals surface area contributed by atoms with Gasteiger partial charge in [-0.3, -0.25) is 0 Å². The van der Waals surface area contributed by atoms with E-state index < -0.39 is 0 Å². The minimum atomic E-state index is -0.338. The Bertz CT molecular complexity index is 1230. The third-order valence-electron chi connectivity index (χ3n) is 5.72. The number of hydrogen-bond donors (Lipinski definition) is 1. The smallest absolute Gasteiger partial charge is 0.337 e. The number of H-pyrrole nitrogens is 1.